The quantitative estimate of drug-likeness (QED) is 0.413. The zero-order chi connectivity index (χ0) is 22.0. The van der Waals surface area contributed by atoms with E-state index >= 15 is 0 Å². The molecule has 0 aliphatic heterocycles. The van der Waals surface area contributed by atoms with Crippen LogP contribution in [0.4, 0.5) is 8.78 Å². The van der Waals surface area contributed by atoms with Crippen LogP contribution in [-0.2, 0) is 10.0 Å². The number of nitrogens with zero attached hydrogens (tertiary/aromatic N) is 2. The molecule has 158 valence electrons. The van der Waals surface area contributed by atoms with Crippen LogP contribution in [0.1, 0.15) is 18.7 Å². The number of halogens is 2. The fourth-order valence-electron chi connectivity index (χ4n) is 3.07. The first-order valence-corrected chi connectivity index (χ1v) is 10.9. The van der Waals surface area contributed by atoms with Gasteiger partial charge in [-0.15, -0.1) is 0 Å². The molecule has 0 unspecified atom stereocenters. The largest absolute Gasteiger partial charge is 0.484 e. The van der Waals surface area contributed by atoms with Crippen LogP contribution >= 0.6 is 0 Å². The Bertz CT molecular complexity index is 1300. The van der Waals surface area contributed by atoms with E-state index in [9.17, 15) is 17.2 Å². The average molecular weight is 440 g/mol. The molecule has 8 heteroatoms. The van der Waals surface area contributed by atoms with Gasteiger partial charge in [0.2, 0.25) is 0 Å². The van der Waals surface area contributed by atoms with Gasteiger partial charge in [0.25, 0.3) is 10.0 Å². The average Bonchev–Trinajstić information content (AvgIpc) is 3.26. The molecule has 0 radical (unpaired) electrons. The van der Waals surface area contributed by atoms with Crippen molar-refractivity contribution in [3.8, 4) is 16.9 Å². The second-order valence-corrected chi connectivity index (χ2v) is 8.64. The van der Waals surface area contributed by atoms with Crippen molar-refractivity contribution in [1.29, 1.82) is 0 Å². The summed E-state index contributed by atoms with van der Waals surface area (Å²) in [7, 11) is -3.96. The molecule has 1 heterocycles. The predicted molar refractivity (Wildman–Crippen MR) is 112 cm³/mol. The molecular weight excluding hydrogens is 422 g/mol. The molecule has 5 nitrogen and oxygen atoms in total. The van der Waals surface area contributed by atoms with E-state index in [1.165, 1.54) is 30.5 Å². The van der Waals surface area contributed by atoms with Crippen LogP contribution in [0.15, 0.2) is 90.0 Å². The molecule has 4 rings (SSSR count). The van der Waals surface area contributed by atoms with Crippen LogP contribution in [0.2, 0.25) is 0 Å². The first kappa shape index (κ1) is 20.7. The molecule has 0 spiro atoms. The first-order chi connectivity index (χ1) is 14.8. The maximum atomic E-state index is 14.6. The number of rotatable bonds is 6. The molecule has 0 bridgehead atoms. The summed E-state index contributed by atoms with van der Waals surface area (Å²) in [6, 6.07) is 19.7. The van der Waals surface area contributed by atoms with E-state index in [4.69, 9.17) is 4.74 Å². The second kappa shape index (κ2) is 8.31. The van der Waals surface area contributed by atoms with Crippen molar-refractivity contribution in [1.82, 2.24) is 9.19 Å². The fraction of sp³-hybridized carbons (Fsp3) is 0.0870. The molecule has 1 aromatic heterocycles. The molecule has 31 heavy (non-hydrogen) atoms. The number of ether oxygens (including phenoxy) is 1. The molecule has 0 aliphatic carbocycles. The Morgan fingerprint density at radius 1 is 0.935 bits per heavy atom. The van der Waals surface area contributed by atoms with Gasteiger partial charge in [-0.3, -0.25) is 0 Å². The Hall–Kier alpha value is -3.52. The van der Waals surface area contributed by atoms with Gasteiger partial charge in [0, 0.05) is 17.8 Å². The SMILES string of the molecule is C[C@@H](Oc1ccc(-c2ccccc2)c(F)c1)c1ccn(S(=O)(=O)c2ccc(F)cc2)n1. The molecule has 0 amide bonds. The fourth-order valence-corrected chi connectivity index (χ4v) is 4.19. The Balaban J connectivity index is 1.52. The standard InChI is InChI=1S/C23H18F2N2O3S/c1-16(30-19-9-12-21(22(25)15-19)17-5-3-2-4-6-17)23-13-14-27(26-23)31(28,29)20-10-7-18(24)8-11-20/h2-16H,1H3/t16-/m1/s1. The van der Waals surface area contributed by atoms with Gasteiger partial charge in [0.05, 0.1) is 4.90 Å². The molecule has 1 atom stereocenters. The van der Waals surface area contributed by atoms with Crippen molar-refractivity contribution in [3.05, 3.63) is 102 Å². The molecule has 0 saturated carbocycles. The zero-order valence-corrected chi connectivity index (χ0v) is 17.3. The molecule has 0 saturated heterocycles. The van der Waals surface area contributed by atoms with Gasteiger partial charge in [0.15, 0.2) is 0 Å². The lowest BCUT2D eigenvalue weighted by Gasteiger charge is -2.14. The third-order valence-corrected chi connectivity index (χ3v) is 6.26. The van der Waals surface area contributed by atoms with E-state index in [0.717, 1.165) is 21.8 Å². The van der Waals surface area contributed by atoms with Gasteiger partial charge in [0.1, 0.15) is 29.2 Å². The van der Waals surface area contributed by atoms with Crippen molar-refractivity contribution in [2.45, 2.75) is 17.9 Å². The minimum absolute atomic E-state index is 0.0873. The highest BCUT2D eigenvalue weighted by Gasteiger charge is 2.20. The van der Waals surface area contributed by atoms with Crippen LogP contribution in [-0.4, -0.2) is 17.6 Å². The molecular formula is C23H18F2N2O3S. The maximum absolute atomic E-state index is 14.6. The molecule has 0 aliphatic rings. The summed E-state index contributed by atoms with van der Waals surface area (Å²) in [5.41, 5.74) is 1.55. The molecule has 0 fully saturated rings. The van der Waals surface area contributed by atoms with Gasteiger partial charge in [-0.2, -0.15) is 17.6 Å². The third kappa shape index (κ3) is 4.34. The maximum Gasteiger partial charge on any atom is 0.282 e. The summed E-state index contributed by atoms with van der Waals surface area (Å²) in [5, 5.41) is 4.08. The third-order valence-electron chi connectivity index (χ3n) is 4.70. The van der Waals surface area contributed by atoms with Crippen molar-refractivity contribution < 1.29 is 21.9 Å². The lowest BCUT2D eigenvalue weighted by atomic mass is 10.1. The van der Waals surface area contributed by atoms with E-state index in [0.29, 0.717) is 17.0 Å². The number of aromatic nitrogens is 2. The highest BCUT2D eigenvalue weighted by atomic mass is 32.2. The van der Waals surface area contributed by atoms with Crippen LogP contribution in [0, 0.1) is 11.6 Å². The monoisotopic (exact) mass is 440 g/mol. The summed E-state index contributed by atoms with van der Waals surface area (Å²) < 4.78 is 59.5. The lowest BCUT2D eigenvalue weighted by Crippen LogP contribution is -2.15. The van der Waals surface area contributed by atoms with E-state index < -0.39 is 27.8 Å². The van der Waals surface area contributed by atoms with E-state index in [-0.39, 0.29) is 4.90 Å². The van der Waals surface area contributed by atoms with E-state index in [1.54, 1.807) is 19.1 Å². The van der Waals surface area contributed by atoms with Crippen molar-refractivity contribution in [3.63, 3.8) is 0 Å². The Kier molecular flexibility index (Phi) is 5.56. The topological polar surface area (TPSA) is 61.2 Å². The summed E-state index contributed by atoms with van der Waals surface area (Å²) in [4.78, 5) is -0.0873. The van der Waals surface area contributed by atoms with Gasteiger partial charge < -0.3 is 4.74 Å². The highest BCUT2D eigenvalue weighted by molar-refractivity contribution is 7.89. The van der Waals surface area contributed by atoms with Gasteiger partial charge in [-0.05, 0) is 55.0 Å². The van der Waals surface area contributed by atoms with Crippen molar-refractivity contribution >= 4 is 10.0 Å². The molecule has 3 aromatic carbocycles. The van der Waals surface area contributed by atoms with Crippen LogP contribution < -0.4 is 4.74 Å². The Morgan fingerprint density at radius 2 is 1.65 bits per heavy atom. The first-order valence-electron chi connectivity index (χ1n) is 9.43. The Morgan fingerprint density at radius 3 is 2.32 bits per heavy atom. The summed E-state index contributed by atoms with van der Waals surface area (Å²) in [6.45, 7) is 1.68. The summed E-state index contributed by atoms with van der Waals surface area (Å²) in [5.74, 6) is -0.673. The van der Waals surface area contributed by atoms with Crippen LogP contribution in [0.3, 0.4) is 0 Å². The van der Waals surface area contributed by atoms with Crippen molar-refractivity contribution in [2.75, 3.05) is 0 Å². The van der Waals surface area contributed by atoms with Crippen molar-refractivity contribution in [2.24, 2.45) is 0 Å². The number of benzene rings is 3. The van der Waals surface area contributed by atoms with E-state index in [1.807, 2.05) is 30.3 Å². The van der Waals surface area contributed by atoms with Gasteiger partial charge in [-0.25, -0.2) is 8.78 Å². The minimum atomic E-state index is -3.96. The van der Waals surface area contributed by atoms with Gasteiger partial charge >= 0.3 is 0 Å². The van der Waals surface area contributed by atoms with Crippen LogP contribution in [0.25, 0.3) is 11.1 Å². The smallest absolute Gasteiger partial charge is 0.282 e. The highest BCUT2D eigenvalue weighted by Crippen LogP contribution is 2.28. The molecule has 4 aromatic rings. The second-order valence-electron chi connectivity index (χ2n) is 6.84. The predicted octanol–water partition coefficient (Wildman–Crippen LogP) is 5.21. The minimum Gasteiger partial charge on any atom is -0.484 e. The lowest BCUT2D eigenvalue weighted by molar-refractivity contribution is 0.220. The zero-order valence-electron chi connectivity index (χ0n) is 16.4. The molecule has 0 N–H and O–H groups in total. The van der Waals surface area contributed by atoms with Gasteiger partial charge in [-0.1, -0.05) is 30.3 Å². The summed E-state index contributed by atoms with van der Waals surface area (Å²) >= 11 is 0. The van der Waals surface area contributed by atoms with Crippen LogP contribution in [0.5, 0.6) is 5.75 Å². The normalized spacial score (nSPS) is 12.5. The number of hydrogen-bond acceptors (Lipinski definition) is 4. The Labute approximate surface area is 178 Å². The summed E-state index contributed by atoms with van der Waals surface area (Å²) in [6.07, 6.45) is 0.652. The number of hydrogen-bond donors (Lipinski definition) is 0. The van der Waals surface area contributed by atoms with E-state index in [2.05, 4.69) is 5.10 Å².